The Morgan fingerprint density at radius 3 is 2.57 bits per heavy atom. The highest BCUT2D eigenvalue weighted by molar-refractivity contribution is 7.16. The van der Waals surface area contributed by atoms with Crippen molar-refractivity contribution in [1.82, 2.24) is 4.57 Å². The molecule has 5 aromatic rings. The van der Waals surface area contributed by atoms with Crippen LogP contribution in [0.15, 0.2) is 66.2 Å². The van der Waals surface area contributed by atoms with Gasteiger partial charge in [0.25, 0.3) is 0 Å². The maximum Gasteiger partial charge on any atom is 0.346 e. The highest BCUT2D eigenvalue weighted by Gasteiger charge is 2.16. The summed E-state index contributed by atoms with van der Waals surface area (Å²) in [6.45, 7) is 5.26. The van der Waals surface area contributed by atoms with Gasteiger partial charge >= 0.3 is 5.97 Å². The summed E-state index contributed by atoms with van der Waals surface area (Å²) in [5, 5.41) is 23.8. The van der Waals surface area contributed by atoms with Crippen molar-refractivity contribution in [3.05, 3.63) is 76.7 Å². The topological polar surface area (TPSA) is 66.0 Å². The highest BCUT2D eigenvalue weighted by Crippen LogP contribution is 2.39. The minimum Gasteiger partial charge on any atom is -0.477 e. The van der Waals surface area contributed by atoms with Gasteiger partial charge in [0.15, 0.2) is 0 Å². The number of aliphatic carboxylic acids is 1. The number of aromatic nitrogens is 1. The summed E-state index contributed by atoms with van der Waals surface area (Å²) in [7, 11) is 0. The van der Waals surface area contributed by atoms with E-state index in [1.165, 1.54) is 45.4 Å². The molecule has 0 aliphatic rings. The molecule has 0 unspecified atom stereocenters. The van der Waals surface area contributed by atoms with Gasteiger partial charge in [0.05, 0.1) is 0 Å². The van der Waals surface area contributed by atoms with Crippen molar-refractivity contribution in [2.75, 3.05) is 0 Å². The fraction of sp³-hybridized carbons (Fsp3) is 0.250. The molecule has 0 saturated carbocycles. The Hall–Kier alpha value is -3.88. The Morgan fingerprint density at radius 1 is 1.00 bits per heavy atom. The van der Waals surface area contributed by atoms with Crippen molar-refractivity contribution in [1.29, 1.82) is 5.26 Å². The number of unbranched alkanes of at least 4 members (excludes halogenated alkanes) is 3. The molecule has 0 fully saturated rings. The average molecular weight is 507 g/mol. The quantitative estimate of drug-likeness (QED) is 0.123. The smallest absolute Gasteiger partial charge is 0.346 e. The van der Waals surface area contributed by atoms with Crippen molar-refractivity contribution >= 4 is 56.0 Å². The van der Waals surface area contributed by atoms with Crippen LogP contribution >= 0.6 is 11.3 Å². The molecule has 0 radical (unpaired) electrons. The lowest BCUT2D eigenvalue weighted by molar-refractivity contribution is -0.132. The number of carboxylic acid groups (broad SMARTS) is 1. The van der Waals surface area contributed by atoms with Crippen LogP contribution in [0.25, 0.3) is 49.1 Å². The number of hydrogen-bond acceptors (Lipinski definition) is 3. The number of carbonyl (C=O) groups is 1. The van der Waals surface area contributed by atoms with Gasteiger partial charge < -0.3 is 9.67 Å². The van der Waals surface area contributed by atoms with E-state index in [2.05, 4.69) is 79.1 Å². The Kier molecular flexibility index (Phi) is 7.12. The lowest BCUT2D eigenvalue weighted by Crippen LogP contribution is -1.97. The predicted molar refractivity (Wildman–Crippen MR) is 155 cm³/mol. The summed E-state index contributed by atoms with van der Waals surface area (Å²) in [4.78, 5) is 13.5. The van der Waals surface area contributed by atoms with Crippen LogP contribution in [0.4, 0.5) is 0 Å². The number of hydrogen-bond donors (Lipinski definition) is 1. The molecule has 186 valence electrons. The molecule has 4 nitrogen and oxygen atoms in total. The second-order valence-electron chi connectivity index (χ2n) is 9.44. The van der Waals surface area contributed by atoms with E-state index in [1.54, 1.807) is 17.4 Å². The SMILES string of the molecule is CCCCCCc1cc(-c2ccc3c(c2)c2c4ccccc4ccc2n3CC)sc1/C=C(/C#N)C(=O)O. The molecule has 0 aliphatic heterocycles. The average Bonchev–Trinajstić information content (AvgIpc) is 3.47. The summed E-state index contributed by atoms with van der Waals surface area (Å²) in [6, 6.07) is 23.6. The Balaban J connectivity index is 1.67. The molecule has 5 rings (SSSR count). The maximum absolute atomic E-state index is 11.5. The van der Waals surface area contributed by atoms with Crippen LogP contribution in [0.5, 0.6) is 0 Å². The summed E-state index contributed by atoms with van der Waals surface area (Å²) in [6.07, 6.45) is 6.97. The number of aryl methyl sites for hydroxylation is 2. The second kappa shape index (κ2) is 10.6. The zero-order valence-electron chi connectivity index (χ0n) is 21.3. The number of nitriles is 1. The normalized spacial score (nSPS) is 12.0. The molecule has 0 bridgehead atoms. The van der Waals surface area contributed by atoms with E-state index in [1.807, 2.05) is 6.07 Å². The van der Waals surface area contributed by atoms with Crippen molar-refractivity contribution in [3.8, 4) is 16.5 Å². The summed E-state index contributed by atoms with van der Waals surface area (Å²) in [5.74, 6) is -1.19. The number of nitrogens with zero attached hydrogens (tertiary/aromatic N) is 2. The molecule has 5 heteroatoms. The van der Waals surface area contributed by atoms with Gasteiger partial charge in [-0.2, -0.15) is 5.26 Å². The third-order valence-electron chi connectivity index (χ3n) is 7.12. The van der Waals surface area contributed by atoms with Gasteiger partial charge in [-0.15, -0.1) is 11.3 Å². The molecule has 37 heavy (non-hydrogen) atoms. The fourth-order valence-corrected chi connectivity index (χ4v) is 6.43. The van der Waals surface area contributed by atoms with Crippen LogP contribution in [0.3, 0.4) is 0 Å². The lowest BCUT2D eigenvalue weighted by Gasteiger charge is -2.04. The Bertz CT molecular complexity index is 1700. The van der Waals surface area contributed by atoms with E-state index in [4.69, 9.17) is 0 Å². The first kappa shape index (κ1) is 24.8. The van der Waals surface area contributed by atoms with Crippen molar-refractivity contribution in [3.63, 3.8) is 0 Å². The Morgan fingerprint density at radius 2 is 1.81 bits per heavy atom. The zero-order valence-corrected chi connectivity index (χ0v) is 22.1. The van der Waals surface area contributed by atoms with Crippen LogP contribution in [0, 0.1) is 11.3 Å². The monoisotopic (exact) mass is 506 g/mol. The third-order valence-corrected chi connectivity index (χ3v) is 8.30. The molecular weight excluding hydrogens is 476 g/mol. The maximum atomic E-state index is 11.5. The molecule has 2 heterocycles. The summed E-state index contributed by atoms with van der Waals surface area (Å²) >= 11 is 1.57. The van der Waals surface area contributed by atoms with Gasteiger partial charge in [-0.05, 0) is 72.0 Å². The van der Waals surface area contributed by atoms with Crippen molar-refractivity contribution in [2.24, 2.45) is 0 Å². The first-order chi connectivity index (χ1) is 18.0. The van der Waals surface area contributed by atoms with E-state index in [0.29, 0.717) is 0 Å². The van der Waals surface area contributed by atoms with Gasteiger partial charge in [-0.3, -0.25) is 0 Å². The molecule has 2 aromatic heterocycles. The predicted octanol–water partition coefficient (Wildman–Crippen LogP) is 8.81. The molecule has 0 atom stereocenters. The van der Waals surface area contributed by atoms with Crippen LogP contribution in [-0.2, 0) is 17.8 Å². The lowest BCUT2D eigenvalue weighted by atomic mass is 10.0. The number of fused-ring (bicyclic) bond motifs is 5. The van der Waals surface area contributed by atoms with Crippen LogP contribution in [-0.4, -0.2) is 15.6 Å². The molecule has 0 spiro atoms. The van der Waals surface area contributed by atoms with Gasteiger partial charge in [0.1, 0.15) is 11.6 Å². The van der Waals surface area contributed by atoms with Crippen LogP contribution in [0.2, 0.25) is 0 Å². The number of benzene rings is 3. The van der Waals surface area contributed by atoms with E-state index in [9.17, 15) is 15.2 Å². The molecular formula is C32H30N2O2S. The fourth-order valence-electron chi connectivity index (χ4n) is 5.28. The first-order valence-electron chi connectivity index (χ1n) is 13.0. The largest absolute Gasteiger partial charge is 0.477 e. The number of carboxylic acids is 1. The number of thiophene rings is 1. The van der Waals surface area contributed by atoms with Gasteiger partial charge in [0.2, 0.25) is 0 Å². The molecule has 3 aromatic carbocycles. The van der Waals surface area contributed by atoms with E-state index < -0.39 is 5.97 Å². The van der Waals surface area contributed by atoms with Gasteiger partial charge in [-0.25, -0.2) is 4.79 Å². The summed E-state index contributed by atoms with van der Waals surface area (Å²) < 4.78 is 2.37. The third kappa shape index (κ3) is 4.65. The standard InChI is InChI=1S/C32H30N2O2S/c1-3-5-6-7-11-22-18-29(37-30(22)19-24(20-33)32(35)36)23-14-15-27-26(17-23)31-25-12-9-8-10-21(25)13-16-28(31)34(27)4-2/h8-10,12-19H,3-7,11H2,1-2H3,(H,35,36)/b24-19-. The first-order valence-corrected chi connectivity index (χ1v) is 13.8. The van der Waals surface area contributed by atoms with Gasteiger partial charge in [0, 0.05) is 38.1 Å². The minimum absolute atomic E-state index is 0.226. The van der Waals surface area contributed by atoms with Crippen molar-refractivity contribution in [2.45, 2.75) is 52.5 Å². The zero-order chi connectivity index (χ0) is 25.9. The van der Waals surface area contributed by atoms with E-state index in [0.717, 1.165) is 46.7 Å². The molecule has 0 aliphatic carbocycles. The van der Waals surface area contributed by atoms with Crippen LogP contribution in [0.1, 0.15) is 50.0 Å². The number of rotatable bonds is 9. The molecule has 1 N–H and O–H groups in total. The van der Waals surface area contributed by atoms with E-state index in [-0.39, 0.29) is 5.57 Å². The van der Waals surface area contributed by atoms with Crippen molar-refractivity contribution < 1.29 is 9.90 Å². The Labute approximate surface area is 221 Å². The molecule has 0 amide bonds. The minimum atomic E-state index is -1.19. The highest BCUT2D eigenvalue weighted by atomic mass is 32.1. The molecule has 0 saturated heterocycles. The summed E-state index contributed by atoms with van der Waals surface area (Å²) in [5.41, 5.74) is 4.46. The second-order valence-corrected chi connectivity index (χ2v) is 10.5. The van der Waals surface area contributed by atoms with E-state index >= 15 is 0 Å². The van der Waals surface area contributed by atoms with Gasteiger partial charge in [-0.1, -0.05) is 62.6 Å². The van der Waals surface area contributed by atoms with Crippen LogP contribution < -0.4 is 0 Å².